The smallest absolute Gasteiger partial charge is 0.306 e. The van der Waals surface area contributed by atoms with Crippen LogP contribution in [0.15, 0.2) is 18.3 Å². The van der Waals surface area contributed by atoms with Crippen LogP contribution in [0, 0.1) is 0 Å². The van der Waals surface area contributed by atoms with Crippen LogP contribution in [0.1, 0.15) is 39.3 Å². The Labute approximate surface area is 107 Å². The van der Waals surface area contributed by atoms with Crippen molar-refractivity contribution in [3.05, 3.63) is 24.0 Å². The third-order valence-electron chi connectivity index (χ3n) is 2.11. The van der Waals surface area contributed by atoms with Crippen LogP contribution in [0.4, 0.5) is 0 Å². The van der Waals surface area contributed by atoms with Gasteiger partial charge in [0.25, 0.3) is 0 Å². The summed E-state index contributed by atoms with van der Waals surface area (Å²) in [5.41, 5.74) is 0.429. The van der Waals surface area contributed by atoms with Crippen molar-refractivity contribution in [2.24, 2.45) is 0 Å². The number of ether oxygens (including phenoxy) is 1. The molecule has 2 N–H and O–H groups in total. The monoisotopic (exact) mass is 252 g/mol. The Balaban J connectivity index is 2.19. The van der Waals surface area contributed by atoms with Gasteiger partial charge < -0.3 is 15.0 Å². The van der Waals surface area contributed by atoms with Gasteiger partial charge in [0.05, 0.1) is 13.0 Å². The Morgan fingerprint density at radius 2 is 2.06 bits per heavy atom. The quantitative estimate of drug-likeness (QED) is 0.784. The molecule has 0 bridgehead atoms. The van der Waals surface area contributed by atoms with Gasteiger partial charge in [0.2, 0.25) is 5.91 Å². The molecule has 0 saturated carbocycles. The lowest BCUT2D eigenvalue weighted by Crippen LogP contribution is -2.27. The van der Waals surface area contributed by atoms with Crippen LogP contribution in [0.2, 0.25) is 0 Å². The molecule has 18 heavy (non-hydrogen) atoms. The zero-order chi connectivity index (χ0) is 13.6. The lowest BCUT2D eigenvalue weighted by Gasteiger charge is -2.19. The highest BCUT2D eigenvalue weighted by Gasteiger charge is 2.16. The summed E-state index contributed by atoms with van der Waals surface area (Å²) >= 11 is 0. The minimum Gasteiger partial charge on any atom is -0.460 e. The van der Waals surface area contributed by atoms with Crippen LogP contribution in [0.25, 0.3) is 0 Å². The summed E-state index contributed by atoms with van der Waals surface area (Å²) in [4.78, 5) is 25.8. The van der Waals surface area contributed by atoms with Crippen LogP contribution < -0.4 is 5.32 Å². The van der Waals surface area contributed by atoms with Gasteiger partial charge in [0.15, 0.2) is 0 Å². The highest BCUT2D eigenvalue weighted by atomic mass is 16.6. The van der Waals surface area contributed by atoms with Crippen molar-refractivity contribution in [2.45, 2.75) is 45.8 Å². The normalized spacial score (nSPS) is 11.1. The van der Waals surface area contributed by atoms with Gasteiger partial charge in [0, 0.05) is 18.3 Å². The molecule has 1 amide bonds. The third-order valence-corrected chi connectivity index (χ3v) is 2.11. The Bertz CT molecular complexity index is 391. The van der Waals surface area contributed by atoms with Gasteiger partial charge in [-0.3, -0.25) is 9.59 Å². The SMILES string of the molecule is CC(C)(C)OC(=O)CCC(=O)NCc1ccc[nH]1. The van der Waals surface area contributed by atoms with Crippen LogP contribution in [-0.2, 0) is 20.9 Å². The van der Waals surface area contributed by atoms with Crippen molar-refractivity contribution in [2.75, 3.05) is 0 Å². The van der Waals surface area contributed by atoms with E-state index in [9.17, 15) is 9.59 Å². The molecule has 1 heterocycles. The molecular formula is C13H20N2O3. The van der Waals surface area contributed by atoms with Crippen LogP contribution in [0.5, 0.6) is 0 Å². The summed E-state index contributed by atoms with van der Waals surface area (Å²) in [6.45, 7) is 5.85. The summed E-state index contributed by atoms with van der Waals surface area (Å²) in [5.74, 6) is -0.506. The molecule has 0 unspecified atom stereocenters. The molecular weight excluding hydrogens is 232 g/mol. The topological polar surface area (TPSA) is 71.2 Å². The predicted molar refractivity (Wildman–Crippen MR) is 67.7 cm³/mol. The third kappa shape index (κ3) is 6.08. The molecule has 0 atom stereocenters. The molecule has 5 nitrogen and oxygen atoms in total. The molecule has 0 saturated heterocycles. The molecule has 0 aliphatic rings. The largest absolute Gasteiger partial charge is 0.460 e. The van der Waals surface area contributed by atoms with Gasteiger partial charge in [0.1, 0.15) is 5.60 Å². The van der Waals surface area contributed by atoms with Crippen molar-refractivity contribution in [3.8, 4) is 0 Å². The number of amides is 1. The van der Waals surface area contributed by atoms with Crippen molar-refractivity contribution in [1.82, 2.24) is 10.3 Å². The Kier molecular flexibility index (Phi) is 4.95. The number of nitrogens with one attached hydrogen (secondary N) is 2. The van der Waals surface area contributed by atoms with E-state index in [2.05, 4.69) is 10.3 Å². The number of hydrogen-bond donors (Lipinski definition) is 2. The highest BCUT2D eigenvalue weighted by molar-refractivity contribution is 5.81. The first-order valence-electron chi connectivity index (χ1n) is 5.97. The average Bonchev–Trinajstić information content (AvgIpc) is 2.74. The second kappa shape index (κ2) is 6.23. The van der Waals surface area contributed by atoms with Crippen LogP contribution >= 0.6 is 0 Å². The number of carbonyl (C=O) groups is 2. The first kappa shape index (κ1) is 14.3. The summed E-state index contributed by atoms with van der Waals surface area (Å²) < 4.78 is 5.11. The van der Waals surface area contributed by atoms with Gasteiger partial charge >= 0.3 is 5.97 Å². The first-order chi connectivity index (χ1) is 8.37. The number of aromatic amines is 1. The van der Waals surface area contributed by atoms with E-state index in [4.69, 9.17) is 4.74 Å². The molecule has 0 aromatic carbocycles. The van der Waals surface area contributed by atoms with E-state index < -0.39 is 5.60 Å². The molecule has 0 spiro atoms. The van der Waals surface area contributed by atoms with Crippen molar-refractivity contribution in [3.63, 3.8) is 0 Å². The van der Waals surface area contributed by atoms with Gasteiger partial charge in [-0.15, -0.1) is 0 Å². The van der Waals surface area contributed by atoms with Gasteiger partial charge in [-0.25, -0.2) is 0 Å². The van der Waals surface area contributed by atoms with E-state index in [1.54, 1.807) is 27.0 Å². The minimum atomic E-state index is -0.502. The van der Waals surface area contributed by atoms with Crippen molar-refractivity contribution >= 4 is 11.9 Å². The highest BCUT2D eigenvalue weighted by Crippen LogP contribution is 2.09. The number of hydrogen-bond acceptors (Lipinski definition) is 3. The van der Waals surface area contributed by atoms with Gasteiger partial charge in [-0.1, -0.05) is 0 Å². The predicted octanol–water partition coefficient (Wildman–Crippen LogP) is 1.75. The van der Waals surface area contributed by atoms with E-state index in [0.29, 0.717) is 6.54 Å². The molecule has 0 fully saturated rings. The van der Waals surface area contributed by atoms with Crippen molar-refractivity contribution < 1.29 is 14.3 Å². The molecule has 0 radical (unpaired) electrons. The van der Waals surface area contributed by atoms with Gasteiger partial charge in [-0.05, 0) is 32.9 Å². The summed E-state index contributed by atoms with van der Waals surface area (Å²) in [6, 6.07) is 3.75. The molecule has 100 valence electrons. The maximum Gasteiger partial charge on any atom is 0.306 e. The van der Waals surface area contributed by atoms with E-state index >= 15 is 0 Å². The fraction of sp³-hybridized carbons (Fsp3) is 0.538. The first-order valence-corrected chi connectivity index (χ1v) is 5.97. The van der Waals surface area contributed by atoms with E-state index in [1.165, 1.54) is 0 Å². The van der Waals surface area contributed by atoms with Crippen molar-refractivity contribution in [1.29, 1.82) is 0 Å². The molecule has 1 aromatic rings. The van der Waals surface area contributed by atoms with Gasteiger partial charge in [-0.2, -0.15) is 0 Å². The standard InChI is InChI=1S/C13H20N2O3/c1-13(2,3)18-12(17)7-6-11(16)15-9-10-5-4-8-14-10/h4-5,8,14H,6-7,9H2,1-3H3,(H,15,16). The number of H-pyrrole nitrogens is 1. The fourth-order valence-corrected chi connectivity index (χ4v) is 1.37. The Morgan fingerprint density at radius 3 is 2.61 bits per heavy atom. The molecule has 1 rings (SSSR count). The van der Waals surface area contributed by atoms with E-state index in [-0.39, 0.29) is 24.7 Å². The molecule has 5 heteroatoms. The molecule has 0 aliphatic carbocycles. The number of esters is 1. The molecule has 1 aromatic heterocycles. The van der Waals surface area contributed by atoms with E-state index in [1.807, 2.05) is 12.1 Å². The lowest BCUT2D eigenvalue weighted by atomic mass is 10.2. The second-order valence-corrected chi connectivity index (χ2v) is 5.06. The number of aromatic nitrogens is 1. The maximum absolute atomic E-state index is 11.5. The summed E-state index contributed by atoms with van der Waals surface area (Å²) in [5, 5.41) is 2.73. The van der Waals surface area contributed by atoms with Crippen LogP contribution in [-0.4, -0.2) is 22.5 Å². The summed E-state index contributed by atoms with van der Waals surface area (Å²) in [6.07, 6.45) is 2.05. The lowest BCUT2D eigenvalue weighted by molar-refractivity contribution is -0.155. The summed E-state index contributed by atoms with van der Waals surface area (Å²) in [7, 11) is 0. The Morgan fingerprint density at radius 1 is 1.33 bits per heavy atom. The number of rotatable bonds is 5. The van der Waals surface area contributed by atoms with E-state index in [0.717, 1.165) is 5.69 Å². The fourth-order valence-electron chi connectivity index (χ4n) is 1.37. The Hall–Kier alpha value is -1.78. The maximum atomic E-state index is 11.5. The zero-order valence-electron chi connectivity index (χ0n) is 11.1. The minimum absolute atomic E-state index is 0.105. The van der Waals surface area contributed by atoms with Crippen LogP contribution in [0.3, 0.4) is 0 Å². The average molecular weight is 252 g/mol. The zero-order valence-corrected chi connectivity index (χ0v) is 11.1. The second-order valence-electron chi connectivity index (χ2n) is 5.06. The molecule has 0 aliphatic heterocycles. The number of carbonyl (C=O) groups excluding carboxylic acids is 2.